The van der Waals surface area contributed by atoms with Crippen LogP contribution < -0.4 is 5.32 Å². The number of ether oxygens (including phenoxy) is 1. The number of halogens is 1. The Morgan fingerprint density at radius 3 is 2.56 bits per heavy atom. The molecule has 0 aromatic heterocycles. The summed E-state index contributed by atoms with van der Waals surface area (Å²) in [5.41, 5.74) is 0.677. The van der Waals surface area contributed by atoms with E-state index >= 15 is 0 Å². The lowest BCUT2D eigenvalue weighted by Gasteiger charge is -2.35. The summed E-state index contributed by atoms with van der Waals surface area (Å²) in [4.78, 5) is 20.0. The third kappa shape index (κ3) is 5.23. The molecule has 25 heavy (non-hydrogen) atoms. The van der Waals surface area contributed by atoms with Crippen molar-refractivity contribution in [1.29, 1.82) is 0 Å². The Balaban J connectivity index is 1.98. The lowest BCUT2D eigenvalue weighted by atomic mass is 10.2. The van der Waals surface area contributed by atoms with Crippen molar-refractivity contribution in [1.82, 2.24) is 15.1 Å². The normalized spacial score (nSPS) is 15.2. The fourth-order valence-corrected chi connectivity index (χ4v) is 2.56. The maximum atomic E-state index is 13.4. The Morgan fingerprint density at radius 1 is 1.28 bits per heavy atom. The van der Waals surface area contributed by atoms with E-state index < -0.39 is 5.82 Å². The molecule has 0 atom stereocenters. The number of nitrogens with one attached hydrogen (secondary N) is 1. The number of guanidine groups is 1. The van der Waals surface area contributed by atoms with Gasteiger partial charge in [0, 0.05) is 32.7 Å². The number of aromatic hydroxyl groups is 1. The molecule has 0 spiro atoms. The molecule has 1 fully saturated rings. The zero-order valence-corrected chi connectivity index (χ0v) is 14.7. The average molecular weight is 352 g/mol. The van der Waals surface area contributed by atoms with Crippen LogP contribution in [0.4, 0.5) is 9.18 Å². The van der Waals surface area contributed by atoms with Gasteiger partial charge in [-0.15, -0.1) is 0 Å². The van der Waals surface area contributed by atoms with Crippen molar-refractivity contribution in [2.75, 3.05) is 39.3 Å². The number of phenolic OH excluding ortho intramolecular Hbond substituents is 1. The Kier molecular flexibility index (Phi) is 6.85. The highest BCUT2D eigenvalue weighted by Gasteiger charge is 2.23. The number of amides is 1. The van der Waals surface area contributed by atoms with Crippen LogP contribution in [0.3, 0.4) is 0 Å². The van der Waals surface area contributed by atoms with Crippen LogP contribution >= 0.6 is 0 Å². The van der Waals surface area contributed by atoms with E-state index in [1.54, 1.807) is 17.9 Å². The molecule has 0 bridgehead atoms. The van der Waals surface area contributed by atoms with Crippen LogP contribution in [0.1, 0.15) is 19.4 Å². The molecular formula is C17H25FN4O3. The summed E-state index contributed by atoms with van der Waals surface area (Å²) >= 11 is 0. The van der Waals surface area contributed by atoms with E-state index in [-0.39, 0.29) is 11.8 Å². The van der Waals surface area contributed by atoms with Gasteiger partial charge in [0.1, 0.15) is 0 Å². The number of hydrogen-bond donors (Lipinski definition) is 2. The monoisotopic (exact) mass is 352 g/mol. The number of carbonyl (C=O) groups is 1. The lowest BCUT2D eigenvalue weighted by molar-refractivity contribution is 0.0914. The fourth-order valence-electron chi connectivity index (χ4n) is 2.56. The Bertz CT molecular complexity index is 616. The molecule has 1 heterocycles. The standard InChI is InChI=1S/C17H25FN4O3/c1-3-19-16(20-12-13-5-6-15(23)14(18)11-13)21-7-9-22(10-8-21)17(24)25-4-2/h5-6,11,23H,3-4,7-10,12H2,1-2H3,(H,19,20). The maximum absolute atomic E-state index is 13.4. The summed E-state index contributed by atoms with van der Waals surface area (Å²) in [6.07, 6.45) is -0.288. The highest BCUT2D eigenvalue weighted by atomic mass is 19.1. The number of rotatable bonds is 4. The number of carbonyl (C=O) groups excluding carboxylic acids is 1. The van der Waals surface area contributed by atoms with Crippen LogP contribution in [0.25, 0.3) is 0 Å². The summed E-state index contributed by atoms with van der Waals surface area (Å²) in [5.74, 6) is -0.296. The third-order valence-corrected chi connectivity index (χ3v) is 3.86. The number of hydrogen-bond acceptors (Lipinski definition) is 4. The quantitative estimate of drug-likeness (QED) is 0.638. The molecule has 1 aliphatic rings. The van der Waals surface area contributed by atoms with Crippen molar-refractivity contribution in [3.63, 3.8) is 0 Å². The molecule has 1 saturated heterocycles. The Hall–Kier alpha value is -2.51. The highest BCUT2D eigenvalue weighted by molar-refractivity contribution is 5.80. The minimum atomic E-state index is -0.652. The molecule has 0 unspecified atom stereocenters. The summed E-state index contributed by atoms with van der Waals surface area (Å²) in [5, 5.41) is 12.5. The molecule has 1 aromatic rings. The van der Waals surface area contributed by atoms with Gasteiger partial charge < -0.3 is 25.0 Å². The molecule has 2 rings (SSSR count). The molecule has 0 radical (unpaired) electrons. The topological polar surface area (TPSA) is 77.4 Å². The first-order valence-corrected chi connectivity index (χ1v) is 8.47. The molecule has 1 aliphatic heterocycles. The van der Waals surface area contributed by atoms with Crippen LogP contribution in [0.2, 0.25) is 0 Å². The van der Waals surface area contributed by atoms with E-state index in [0.29, 0.717) is 51.4 Å². The largest absolute Gasteiger partial charge is 0.505 e. The predicted octanol–water partition coefficient (Wildman–Crippen LogP) is 1.77. The zero-order valence-electron chi connectivity index (χ0n) is 14.7. The molecule has 8 heteroatoms. The lowest BCUT2D eigenvalue weighted by Crippen LogP contribution is -2.53. The van der Waals surface area contributed by atoms with Crippen molar-refractivity contribution in [2.45, 2.75) is 20.4 Å². The van der Waals surface area contributed by atoms with Crippen molar-refractivity contribution in [3.8, 4) is 5.75 Å². The first-order chi connectivity index (χ1) is 12.0. The number of benzene rings is 1. The number of phenols is 1. The first-order valence-electron chi connectivity index (χ1n) is 8.47. The molecular weight excluding hydrogens is 327 g/mol. The zero-order chi connectivity index (χ0) is 18.2. The second kappa shape index (κ2) is 9.10. The Labute approximate surface area is 147 Å². The van der Waals surface area contributed by atoms with Gasteiger partial charge in [0.15, 0.2) is 17.5 Å². The fraction of sp³-hybridized carbons (Fsp3) is 0.529. The Morgan fingerprint density at radius 2 is 1.96 bits per heavy atom. The highest BCUT2D eigenvalue weighted by Crippen LogP contribution is 2.16. The van der Waals surface area contributed by atoms with Crippen molar-refractivity contribution < 1.29 is 19.0 Å². The summed E-state index contributed by atoms with van der Waals surface area (Å²) in [6.45, 7) is 7.57. The molecule has 7 nitrogen and oxygen atoms in total. The summed E-state index contributed by atoms with van der Waals surface area (Å²) in [6, 6.07) is 4.25. The average Bonchev–Trinajstić information content (AvgIpc) is 2.62. The van der Waals surface area contributed by atoms with Gasteiger partial charge in [0.05, 0.1) is 13.2 Å². The number of piperazine rings is 1. The van der Waals surface area contributed by atoms with Gasteiger partial charge in [-0.25, -0.2) is 14.2 Å². The van der Waals surface area contributed by atoms with Crippen LogP contribution in [0.15, 0.2) is 23.2 Å². The van der Waals surface area contributed by atoms with Gasteiger partial charge in [-0.2, -0.15) is 0 Å². The smallest absolute Gasteiger partial charge is 0.409 e. The van der Waals surface area contributed by atoms with E-state index in [2.05, 4.69) is 15.2 Å². The van der Waals surface area contributed by atoms with Gasteiger partial charge in [-0.3, -0.25) is 0 Å². The van der Waals surface area contributed by atoms with E-state index in [9.17, 15) is 14.3 Å². The molecule has 138 valence electrons. The first kappa shape index (κ1) is 18.8. The van der Waals surface area contributed by atoms with Crippen LogP contribution in [-0.4, -0.2) is 66.3 Å². The van der Waals surface area contributed by atoms with E-state index in [4.69, 9.17) is 4.74 Å². The maximum Gasteiger partial charge on any atom is 0.409 e. The van der Waals surface area contributed by atoms with E-state index in [0.717, 1.165) is 5.96 Å². The number of nitrogens with zero attached hydrogens (tertiary/aromatic N) is 3. The van der Waals surface area contributed by atoms with Gasteiger partial charge in [-0.1, -0.05) is 6.07 Å². The van der Waals surface area contributed by atoms with Gasteiger partial charge in [0.25, 0.3) is 0 Å². The minimum Gasteiger partial charge on any atom is -0.505 e. The van der Waals surface area contributed by atoms with Gasteiger partial charge >= 0.3 is 6.09 Å². The van der Waals surface area contributed by atoms with Gasteiger partial charge in [-0.05, 0) is 31.5 Å². The van der Waals surface area contributed by atoms with Crippen molar-refractivity contribution in [3.05, 3.63) is 29.6 Å². The van der Waals surface area contributed by atoms with Gasteiger partial charge in [0.2, 0.25) is 0 Å². The summed E-state index contributed by atoms with van der Waals surface area (Å²) in [7, 11) is 0. The second-order valence-corrected chi connectivity index (χ2v) is 5.63. The molecule has 2 N–H and O–H groups in total. The molecule has 0 saturated carbocycles. The molecule has 0 aliphatic carbocycles. The van der Waals surface area contributed by atoms with Crippen LogP contribution in [-0.2, 0) is 11.3 Å². The predicted molar refractivity (Wildman–Crippen MR) is 93.0 cm³/mol. The third-order valence-electron chi connectivity index (χ3n) is 3.86. The molecule has 1 amide bonds. The number of aliphatic imine (C=N–C) groups is 1. The van der Waals surface area contributed by atoms with Crippen LogP contribution in [0, 0.1) is 5.82 Å². The van der Waals surface area contributed by atoms with Crippen molar-refractivity contribution in [2.24, 2.45) is 4.99 Å². The van der Waals surface area contributed by atoms with Crippen molar-refractivity contribution >= 4 is 12.1 Å². The summed E-state index contributed by atoms with van der Waals surface area (Å²) < 4.78 is 18.4. The molecule has 1 aromatic carbocycles. The minimum absolute atomic E-state index is 0.288. The SMILES string of the molecule is CCNC(=NCc1ccc(O)c(F)c1)N1CCN(C(=O)OCC)CC1. The van der Waals surface area contributed by atoms with E-state index in [1.165, 1.54) is 12.1 Å². The van der Waals surface area contributed by atoms with E-state index in [1.807, 2.05) is 6.92 Å². The second-order valence-electron chi connectivity index (χ2n) is 5.63. The van der Waals surface area contributed by atoms with Crippen LogP contribution in [0.5, 0.6) is 5.75 Å².